The molecule has 0 aromatic carbocycles. The van der Waals surface area contributed by atoms with E-state index < -0.39 is 0 Å². The van der Waals surface area contributed by atoms with Crippen molar-refractivity contribution in [2.45, 2.75) is 45.1 Å². The van der Waals surface area contributed by atoms with Crippen LogP contribution in [0.15, 0.2) is 22.3 Å². The van der Waals surface area contributed by atoms with Gasteiger partial charge in [0.2, 0.25) is 5.91 Å². The lowest BCUT2D eigenvalue weighted by Gasteiger charge is -2.09. The van der Waals surface area contributed by atoms with E-state index in [1.807, 2.05) is 17.5 Å². The van der Waals surface area contributed by atoms with Crippen LogP contribution in [-0.4, -0.2) is 15.9 Å². The van der Waals surface area contributed by atoms with Gasteiger partial charge in [-0.3, -0.25) is 9.59 Å². The average Bonchev–Trinajstić information content (AvgIpc) is 3.25. The summed E-state index contributed by atoms with van der Waals surface area (Å²) < 4.78 is 0. The van der Waals surface area contributed by atoms with E-state index in [1.165, 1.54) is 16.9 Å². The monoisotopic (exact) mass is 373 g/mol. The summed E-state index contributed by atoms with van der Waals surface area (Å²) in [5, 5.41) is 5.66. The van der Waals surface area contributed by atoms with Crippen molar-refractivity contribution in [3.8, 4) is 0 Å². The summed E-state index contributed by atoms with van der Waals surface area (Å²) in [4.78, 5) is 35.2. The van der Waals surface area contributed by atoms with Gasteiger partial charge in [-0.25, -0.2) is 4.98 Å². The van der Waals surface area contributed by atoms with Crippen LogP contribution < -0.4 is 10.9 Å². The largest absolute Gasteiger partial charge is 0.351 e. The molecule has 25 heavy (non-hydrogen) atoms. The highest BCUT2D eigenvalue weighted by Crippen LogP contribution is 2.33. The summed E-state index contributed by atoms with van der Waals surface area (Å²) in [6, 6.07) is 3.97. The first-order chi connectivity index (χ1) is 12.2. The van der Waals surface area contributed by atoms with Crippen LogP contribution in [0.3, 0.4) is 0 Å². The van der Waals surface area contributed by atoms with E-state index in [1.54, 1.807) is 22.7 Å². The summed E-state index contributed by atoms with van der Waals surface area (Å²) in [7, 11) is 0. The van der Waals surface area contributed by atoms with Gasteiger partial charge in [0.05, 0.1) is 11.9 Å². The predicted octanol–water partition coefficient (Wildman–Crippen LogP) is 3.17. The van der Waals surface area contributed by atoms with E-state index in [4.69, 9.17) is 0 Å². The zero-order valence-electron chi connectivity index (χ0n) is 13.8. The zero-order chi connectivity index (χ0) is 17.2. The number of nitrogens with one attached hydrogen (secondary N) is 2. The fraction of sp³-hybridized carbons (Fsp3) is 0.389. The molecular formula is C18H19N3O2S2. The third kappa shape index (κ3) is 3.52. The van der Waals surface area contributed by atoms with E-state index in [0.29, 0.717) is 25.2 Å². The molecule has 0 unspecified atom stereocenters. The summed E-state index contributed by atoms with van der Waals surface area (Å²) >= 11 is 3.26. The molecule has 1 amide bonds. The van der Waals surface area contributed by atoms with E-state index in [0.717, 1.165) is 34.4 Å². The van der Waals surface area contributed by atoms with Crippen molar-refractivity contribution < 1.29 is 4.79 Å². The number of carbonyl (C=O) groups is 1. The maximum atomic E-state index is 12.5. The molecule has 0 aliphatic heterocycles. The number of H-pyrrole nitrogens is 1. The molecule has 3 heterocycles. The number of thiophene rings is 2. The molecule has 3 aromatic heterocycles. The number of nitrogens with zero attached hydrogens (tertiary/aromatic N) is 1. The third-order valence-electron chi connectivity index (χ3n) is 4.50. The van der Waals surface area contributed by atoms with Gasteiger partial charge in [0.25, 0.3) is 5.56 Å². The Kier molecular flexibility index (Phi) is 4.67. The van der Waals surface area contributed by atoms with Crippen molar-refractivity contribution in [1.82, 2.24) is 15.3 Å². The van der Waals surface area contributed by atoms with E-state index in [9.17, 15) is 9.59 Å². The van der Waals surface area contributed by atoms with Crippen LogP contribution in [0.1, 0.15) is 40.4 Å². The number of carbonyl (C=O) groups excluding carboxylic acids is 1. The molecule has 4 rings (SSSR count). The van der Waals surface area contributed by atoms with Crippen molar-refractivity contribution >= 4 is 38.8 Å². The van der Waals surface area contributed by atoms with Crippen LogP contribution in [-0.2, 0) is 30.6 Å². The fourth-order valence-electron chi connectivity index (χ4n) is 3.25. The van der Waals surface area contributed by atoms with Gasteiger partial charge in [-0.15, -0.1) is 22.7 Å². The summed E-state index contributed by atoms with van der Waals surface area (Å²) in [5.74, 6) is 0.573. The topological polar surface area (TPSA) is 74.8 Å². The first-order valence-electron chi connectivity index (χ1n) is 8.53. The van der Waals surface area contributed by atoms with Crippen LogP contribution in [0.25, 0.3) is 10.2 Å². The lowest BCUT2D eigenvalue weighted by Crippen LogP contribution is -2.23. The Morgan fingerprint density at radius 1 is 1.32 bits per heavy atom. The predicted molar refractivity (Wildman–Crippen MR) is 101 cm³/mol. The quantitative estimate of drug-likeness (QED) is 0.721. The van der Waals surface area contributed by atoms with Crippen molar-refractivity contribution in [3.05, 3.63) is 49.0 Å². The Bertz CT molecular complexity index is 957. The van der Waals surface area contributed by atoms with Crippen molar-refractivity contribution in [2.75, 3.05) is 0 Å². The Morgan fingerprint density at radius 2 is 2.20 bits per heavy atom. The Labute approximate surface area is 153 Å². The van der Waals surface area contributed by atoms with E-state index >= 15 is 0 Å². The molecular weight excluding hydrogens is 354 g/mol. The normalized spacial score (nSPS) is 13.8. The third-order valence-corrected chi connectivity index (χ3v) is 6.56. The molecule has 0 atom stereocenters. The molecule has 0 saturated carbocycles. The molecule has 0 spiro atoms. The molecule has 1 aliphatic rings. The molecule has 5 nitrogen and oxygen atoms in total. The molecule has 0 fully saturated rings. The van der Waals surface area contributed by atoms with Gasteiger partial charge >= 0.3 is 0 Å². The molecule has 3 aromatic rings. The van der Waals surface area contributed by atoms with Crippen LogP contribution in [0.4, 0.5) is 0 Å². The second kappa shape index (κ2) is 7.09. The lowest BCUT2D eigenvalue weighted by atomic mass is 9.97. The van der Waals surface area contributed by atoms with Crippen LogP contribution in [0.2, 0.25) is 0 Å². The number of fused-ring (bicyclic) bond motifs is 3. The highest BCUT2D eigenvalue weighted by Gasteiger charge is 2.19. The average molecular weight is 374 g/mol. The summed E-state index contributed by atoms with van der Waals surface area (Å²) in [5.41, 5.74) is 1.14. The molecule has 0 bridgehead atoms. The Morgan fingerprint density at radius 3 is 3.04 bits per heavy atom. The number of hydrogen-bond acceptors (Lipinski definition) is 5. The second-order valence-electron chi connectivity index (χ2n) is 6.26. The standard InChI is InChI=1S/C18H19N3O2S2/c22-15(19-10-11-4-3-9-24-11)8-7-14-20-17(23)16-12-5-1-2-6-13(12)25-18(16)21-14/h3-4,9H,1-2,5-8,10H2,(H,19,22)(H,20,21,23). The van der Waals surface area contributed by atoms with E-state index in [2.05, 4.69) is 15.3 Å². The Hall–Kier alpha value is -1.99. The minimum atomic E-state index is -0.0570. The molecule has 2 N–H and O–H groups in total. The van der Waals surface area contributed by atoms with Gasteiger partial charge < -0.3 is 10.3 Å². The number of aromatic amines is 1. The molecule has 1 aliphatic carbocycles. The fourth-order valence-corrected chi connectivity index (χ4v) is 5.17. The van der Waals surface area contributed by atoms with Gasteiger partial charge in [0.15, 0.2) is 0 Å². The number of amides is 1. The lowest BCUT2D eigenvalue weighted by molar-refractivity contribution is -0.121. The van der Waals surface area contributed by atoms with Crippen molar-refractivity contribution in [2.24, 2.45) is 0 Å². The minimum absolute atomic E-state index is 0.0263. The van der Waals surface area contributed by atoms with Crippen LogP contribution >= 0.6 is 22.7 Å². The number of hydrogen-bond donors (Lipinski definition) is 2. The zero-order valence-corrected chi connectivity index (χ0v) is 15.4. The first kappa shape index (κ1) is 16.5. The summed E-state index contributed by atoms with van der Waals surface area (Å²) in [6.07, 6.45) is 5.13. The number of aryl methyl sites for hydroxylation is 3. The van der Waals surface area contributed by atoms with Crippen molar-refractivity contribution in [3.63, 3.8) is 0 Å². The molecule has 0 saturated heterocycles. The number of aromatic nitrogens is 2. The number of rotatable bonds is 5. The van der Waals surface area contributed by atoms with Gasteiger partial charge in [-0.1, -0.05) is 6.07 Å². The highest BCUT2D eigenvalue weighted by molar-refractivity contribution is 7.18. The smallest absolute Gasteiger partial charge is 0.259 e. The van der Waals surface area contributed by atoms with Crippen LogP contribution in [0, 0.1) is 0 Å². The van der Waals surface area contributed by atoms with E-state index in [-0.39, 0.29) is 11.5 Å². The molecule has 0 radical (unpaired) electrons. The molecule has 130 valence electrons. The first-order valence-corrected chi connectivity index (χ1v) is 10.2. The van der Waals surface area contributed by atoms with Gasteiger partial charge in [-0.2, -0.15) is 0 Å². The SMILES string of the molecule is O=C(CCc1nc2sc3c(c2c(=O)[nH]1)CCCC3)NCc1cccs1. The van der Waals surface area contributed by atoms with Gasteiger partial charge in [-0.05, 0) is 42.7 Å². The minimum Gasteiger partial charge on any atom is -0.351 e. The van der Waals surface area contributed by atoms with Gasteiger partial charge in [0.1, 0.15) is 10.7 Å². The maximum absolute atomic E-state index is 12.5. The van der Waals surface area contributed by atoms with Crippen LogP contribution in [0.5, 0.6) is 0 Å². The van der Waals surface area contributed by atoms with Crippen molar-refractivity contribution in [1.29, 1.82) is 0 Å². The highest BCUT2D eigenvalue weighted by atomic mass is 32.1. The maximum Gasteiger partial charge on any atom is 0.259 e. The van der Waals surface area contributed by atoms with Gasteiger partial charge in [0, 0.05) is 22.6 Å². The molecule has 7 heteroatoms. The summed E-state index contributed by atoms with van der Waals surface area (Å²) in [6.45, 7) is 0.553. The second-order valence-corrected chi connectivity index (χ2v) is 8.38. The Balaban J connectivity index is 1.45.